The number of carbonyl (C=O) groups excluding carboxylic acids is 3. The number of ether oxygens (including phenoxy) is 2. The van der Waals surface area contributed by atoms with Crippen LogP contribution in [0.25, 0.3) is 0 Å². The summed E-state index contributed by atoms with van der Waals surface area (Å²) in [5.41, 5.74) is 0.174. The van der Waals surface area contributed by atoms with E-state index in [4.69, 9.17) is 4.74 Å². The fraction of sp³-hybridized carbons (Fsp3) is 0.348. The molecule has 2 amide bonds. The Labute approximate surface area is 194 Å². The minimum atomic E-state index is -4.51. The van der Waals surface area contributed by atoms with Crippen molar-refractivity contribution in [1.29, 1.82) is 0 Å². The number of hydrogen-bond donors (Lipinski definition) is 3. The molecule has 0 spiro atoms. The summed E-state index contributed by atoms with van der Waals surface area (Å²) >= 11 is 0. The Kier molecular flexibility index (Phi) is 9.43. The molecule has 0 bridgehead atoms. The second kappa shape index (κ2) is 12.0. The van der Waals surface area contributed by atoms with E-state index >= 15 is 0 Å². The zero-order chi connectivity index (χ0) is 25.3. The van der Waals surface area contributed by atoms with Gasteiger partial charge in [0.25, 0.3) is 0 Å². The van der Waals surface area contributed by atoms with E-state index < -0.39 is 47.9 Å². The molecule has 3 N–H and O–H groups in total. The van der Waals surface area contributed by atoms with Gasteiger partial charge in [0, 0.05) is 6.42 Å². The molecule has 184 valence electrons. The van der Waals surface area contributed by atoms with Crippen LogP contribution < -0.4 is 10.6 Å². The second-order valence-corrected chi connectivity index (χ2v) is 7.41. The molecule has 0 heterocycles. The third-order valence-electron chi connectivity index (χ3n) is 4.77. The van der Waals surface area contributed by atoms with Gasteiger partial charge in [-0.2, -0.15) is 13.2 Å². The maximum absolute atomic E-state index is 12.8. The number of aliphatic hydroxyl groups is 1. The van der Waals surface area contributed by atoms with Crippen LogP contribution in [-0.2, 0) is 38.3 Å². The summed E-state index contributed by atoms with van der Waals surface area (Å²) < 4.78 is 48.0. The number of methoxy groups -OCH3 is 1. The van der Waals surface area contributed by atoms with Crippen molar-refractivity contribution < 1.29 is 42.1 Å². The van der Waals surface area contributed by atoms with E-state index in [9.17, 15) is 32.7 Å². The topological polar surface area (TPSA) is 114 Å². The van der Waals surface area contributed by atoms with Crippen molar-refractivity contribution in [3.63, 3.8) is 0 Å². The number of halogens is 3. The van der Waals surface area contributed by atoms with E-state index in [1.807, 2.05) is 0 Å². The molecular weight excluding hydrogens is 457 g/mol. The maximum atomic E-state index is 12.8. The molecule has 2 rings (SSSR count). The van der Waals surface area contributed by atoms with Crippen LogP contribution in [0.1, 0.15) is 23.6 Å². The van der Waals surface area contributed by atoms with E-state index in [-0.39, 0.29) is 13.0 Å². The number of alkyl carbamates (subject to hydrolysis) is 1. The number of aliphatic hydroxyl groups excluding tert-OH is 1. The predicted molar refractivity (Wildman–Crippen MR) is 114 cm³/mol. The van der Waals surface area contributed by atoms with Gasteiger partial charge in [-0.3, -0.25) is 4.79 Å². The van der Waals surface area contributed by atoms with Crippen molar-refractivity contribution >= 4 is 18.0 Å². The average Bonchev–Trinajstić information content (AvgIpc) is 2.80. The summed E-state index contributed by atoms with van der Waals surface area (Å²) in [4.78, 5) is 37.0. The van der Waals surface area contributed by atoms with Gasteiger partial charge < -0.3 is 25.2 Å². The minimum Gasteiger partial charge on any atom is -0.467 e. The molecule has 0 saturated heterocycles. The molecule has 3 atom stereocenters. The lowest BCUT2D eigenvalue weighted by Crippen LogP contribution is -2.56. The number of esters is 1. The summed E-state index contributed by atoms with van der Waals surface area (Å²) in [6, 6.07) is 10.1. The SMILES string of the molecule is COC(=O)[C@@H](Cc1ccc(C(F)(F)F)cc1)NC(=O)[C@@H](NC(=O)OCc1ccccc1)[C@@H](C)O. The maximum Gasteiger partial charge on any atom is 0.416 e. The quantitative estimate of drug-likeness (QED) is 0.474. The third kappa shape index (κ3) is 8.07. The van der Waals surface area contributed by atoms with Crippen LogP contribution in [0, 0.1) is 0 Å². The van der Waals surface area contributed by atoms with Crippen molar-refractivity contribution in [3.8, 4) is 0 Å². The third-order valence-corrected chi connectivity index (χ3v) is 4.77. The van der Waals surface area contributed by atoms with E-state index in [1.165, 1.54) is 19.1 Å². The van der Waals surface area contributed by atoms with Gasteiger partial charge in [-0.05, 0) is 30.2 Å². The summed E-state index contributed by atoms with van der Waals surface area (Å²) in [5.74, 6) is -1.77. The Morgan fingerprint density at radius 1 is 0.971 bits per heavy atom. The fourth-order valence-corrected chi connectivity index (χ4v) is 2.96. The van der Waals surface area contributed by atoms with Crippen LogP contribution in [0.5, 0.6) is 0 Å². The molecule has 2 aromatic rings. The van der Waals surface area contributed by atoms with Crippen LogP contribution in [0.4, 0.5) is 18.0 Å². The molecule has 0 aliphatic carbocycles. The highest BCUT2D eigenvalue weighted by molar-refractivity contribution is 5.90. The predicted octanol–water partition coefficient (Wildman–Crippen LogP) is 2.58. The van der Waals surface area contributed by atoms with E-state index in [0.29, 0.717) is 11.1 Å². The highest BCUT2D eigenvalue weighted by Gasteiger charge is 2.32. The van der Waals surface area contributed by atoms with Gasteiger partial charge in [0.2, 0.25) is 5.91 Å². The van der Waals surface area contributed by atoms with Crippen molar-refractivity contribution in [3.05, 3.63) is 71.3 Å². The second-order valence-electron chi connectivity index (χ2n) is 7.41. The van der Waals surface area contributed by atoms with E-state index in [2.05, 4.69) is 15.4 Å². The molecule has 8 nitrogen and oxygen atoms in total. The first kappa shape index (κ1) is 26.7. The number of carbonyl (C=O) groups is 3. The van der Waals surface area contributed by atoms with Crippen LogP contribution in [0.15, 0.2) is 54.6 Å². The minimum absolute atomic E-state index is 0.0699. The highest BCUT2D eigenvalue weighted by Crippen LogP contribution is 2.29. The normalized spacial score (nSPS) is 13.8. The number of rotatable bonds is 9. The van der Waals surface area contributed by atoms with Gasteiger partial charge in [0.1, 0.15) is 18.7 Å². The van der Waals surface area contributed by atoms with Crippen molar-refractivity contribution in [2.75, 3.05) is 7.11 Å². The Bertz CT molecular complexity index is 965. The standard InChI is InChI=1S/C23H25F3N2O6/c1-14(29)19(28-22(32)34-13-16-6-4-3-5-7-16)20(30)27-18(21(31)33-2)12-15-8-10-17(11-9-15)23(24,25)26/h3-11,14,18-19,29H,12-13H2,1-2H3,(H,27,30)(H,28,32)/t14-,18-,19+/m1/s1. The number of alkyl halides is 3. The Hall–Kier alpha value is -3.60. The molecule has 0 unspecified atom stereocenters. The van der Waals surface area contributed by atoms with Gasteiger partial charge in [0.15, 0.2) is 0 Å². The summed E-state index contributed by atoms with van der Waals surface area (Å²) in [5, 5.41) is 14.6. The van der Waals surface area contributed by atoms with Crippen molar-refractivity contribution in [1.82, 2.24) is 10.6 Å². The van der Waals surface area contributed by atoms with Crippen LogP contribution in [-0.4, -0.2) is 48.4 Å². The van der Waals surface area contributed by atoms with Crippen LogP contribution in [0.3, 0.4) is 0 Å². The van der Waals surface area contributed by atoms with Gasteiger partial charge >= 0.3 is 18.2 Å². The lowest BCUT2D eigenvalue weighted by atomic mass is 10.0. The molecule has 34 heavy (non-hydrogen) atoms. The molecule has 0 aliphatic heterocycles. The van der Waals surface area contributed by atoms with Crippen molar-refractivity contribution in [2.24, 2.45) is 0 Å². The molecule has 0 saturated carbocycles. The highest BCUT2D eigenvalue weighted by atomic mass is 19.4. The number of amides is 2. The first-order valence-corrected chi connectivity index (χ1v) is 10.2. The van der Waals surface area contributed by atoms with E-state index in [1.54, 1.807) is 30.3 Å². The first-order valence-electron chi connectivity index (χ1n) is 10.2. The fourth-order valence-electron chi connectivity index (χ4n) is 2.96. The van der Waals surface area contributed by atoms with Crippen LogP contribution in [0.2, 0.25) is 0 Å². The van der Waals surface area contributed by atoms with Gasteiger partial charge in [-0.15, -0.1) is 0 Å². The molecule has 0 fully saturated rings. The summed E-state index contributed by atoms with van der Waals surface area (Å²) in [6.45, 7) is 1.18. The smallest absolute Gasteiger partial charge is 0.416 e. The molecule has 11 heteroatoms. The lowest BCUT2D eigenvalue weighted by molar-refractivity contribution is -0.145. The zero-order valence-corrected chi connectivity index (χ0v) is 18.5. The van der Waals surface area contributed by atoms with Gasteiger partial charge in [-0.1, -0.05) is 42.5 Å². The number of hydrogen-bond acceptors (Lipinski definition) is 6. The number of nitrogens with one attached hydrogen (secondary N) is 2. The lowest BCUT2D eigenvalue weighted by Gasteiger charge is -2.24. The van der Waals surface area contributed by atoms with Crippen molar-refractivity contribution in [2.45, 2.75) is 44.3 Å². The Morgan fingerprint density at radius 2 is 1.59 bits per heavy atom. The summed E-state index contributed by atoms with van der Waals surface area (Å²) in [6.07, 6.45) is -7.02. The van der Waals surface area contributed by atoms with Gasteiger partial charge in [-0.25, -0.2) is 9.59 Å². The summed E-state index contributed by atoms with van der Waals surface area (Å²) in [7, 11) is 1.08. The van der Waals surface area contributed by atoms with Crippen LogP contribution >= 0.6 is 0 Å². The number of benzene rings is 2. The largest absolute Gasteiger partial charge is 0.467 e. The van der Waals surface area contributed by atoms with Gasteiger partial charge in [0.05, 0.1) is 18.8 Å². The zero-order valence-electron chi connectivity index (χ0n) is 18.5. The Morgan fingerprint density at radius 3 is 2.12 bits per heavy atom. The molecular formula is C23H25F3N2O6. The monoisotopic (exact) mass is 482 g/mol. The molecule has 0 radical (unpaired) electrons. The average molecular weight is 482 g/mol. The molecule has 0 aliphatic rings. The molecule has 2 aromatic carbocycles. The van der Waals surface area contributed by atoms with E-state index in [0.717, 1.165) is 19.2 Å². The Balaban J connectivity index is 2.04. The molecule has 0 aromatic heterocycles. The first-order chi connectivity index (χ1) is 16.0.